The highest BCUT2D eigenvalue weighted by Gasteiger charge is 2.29. The van der Waals surface area contributed by atoms with Crippen LogP contribution in [0.3, 0.4) is 0 Å². The second-order valence-corrected chi connectivity index (χ2v) is 9.76. The molecule has 3 rings (SSSR count). The molecule has 1 fully saturated rings. The third kappa shape index (κ3) is 7.14. The third-order valence-corrected chi connectivity index (χ3v) is 7.41. The van der Waals surface area contributed by atoms with Crippen LogP contribution in [0.5, 0.6) is 0 Å². The van der Waals surface area contributed by atoms with Crippen molar-refractivity contribution >= 4 is 40.0 Å². The number of guanidine groups is 1. The van der Waals surface area contributed by atoms with Gasteiger partial charge < -0.3 is 10.6 Å². The van der Waals surface area contributed by atoms with Crippen LogP contribution in [0.15, 0.2) is 58.4 Å². The predicted molar refractivity (Wildman–Crippen MR) is 137 cm³/mol. The Morgan fingerprint density at radius 1 is 1.12 bits per heavy atom. The van der Waals surface area contributed by atoms with E-state index in [1.165, 1.54) is 6.07 Å². The van der Waals surface area contributed by atoms with Crippen LogP contribution in [0, 0.1) is 18.7 Å². The van der Waals surface area contributed by atoms with E-state index < -0.39 is 10.0 Å². The average Bonchev–Trinajstić information content (AvgIpc) is 2.79. The maximum Gasteiger partial charge on any atom is 0.243 e. The van der Waals surface area contributed by atoms with Crippen LogP contribution in [0.2, 0.25) is 0 Å². The Hall–Kier alpha value is -1.72. The summed E-state index contributed by atoms with van der Waals surface area (Å²) in [4.78, 5) is 4.95. The lowest BCUT2D eigenvalue weighted by Crippen LogP contribution is -2.44. The second kappa shape index (κ2) is 12.5. The molecule has 0 atom stereocenters. The van der Waals surface area contributed by atoms with E-state index in [1.807, 2.05) is 19.1 Å². The number of hydrogen-bond donors (Lipinski definition) is 2. The zero-order chi connectivity index (χ0) is 22.3. The third-order valence-electron chi connectivity index (χ3n) is 5.50. The van der Waals surface area contributed by atoms with Gasteiger partial charge in [-0.1, -0.05) is 30.3 Å². The monoisotopic (exact) mass is 574 g/mol. The first kappa shape index (κ1) is 26.5. The van der Waals surface area contributed by atoms with E-state index in [9.17, 15) is 12.8 Å². The Labute approximate surface area is 207 Å². The zero-order valence-corrected chi connectivity index (χ0v) is 21.7. The van der Waals surface area contributed by atoms with Gasteiger partial charge in [-0.15, -0.1) is 24.0 Å². The van der Waals surface area contributed by atoms with Crippen molar-refractivity contribution in [3.05, 3.63) is 65.5 Å². The molecule has 1 heterocycles. The minimum absolute atomic E-state index is 0. The molecule has 2 aromatic carbocycles. The minimum atomic E-state index is -3.42. The fourth-order valence-corrected chi connectivity index (χ4v) is 5.14. The molecule has 32 heavy (non-hydrogen) atoms. The molecule has 0 radical (unpaired) electrons. The quantitative estimate of drug-likeness (QED) is 0.299. The Bertz CT molecular complexity index is 994. The molecule has 0 aliphatic carbocycles. The lowest BCUT2D eigenvalue weighted by molar-refractivity contribution is 0.273. The molecule has 176 valence electrons. The number of halogens is 2. The van der Waals surface area contributed by atoms with Gasteiger partial charge in [-0.25, -0.2) is 17.8 Å². The Balaban J connectivity index is 0.00000363. The van der Waals surface area contributed by atoms with Crippen molar-refractivity contribution in [1.82, 2.24) is 14.9 Å². The summed E-state index contributed by atoms with van der Waals surface area (Å²) in [5.74, 6) is 0.876. The molecule has 0 aromatic heterocycles. The highest BCUT2D eigenvalue weighted by atomic mass is 127. The maximum atomic E-state index is 13.4. The summed E-state index contributed by atoms with van der Waals surface area (Å²) in [6.45, 7) is 6.72. The standard InChI is InChI=1S/C23H31FN4O2S.HI/c1-3-25-23(27-17-20-9-10-22(24)18(2)15-20)26-16-19-11-13-28(14-12-19)31(29,30)21-7-5-4-6-8-21;/h4-10,15,19H,3,11-14,16-17H2,1-2H3,(H2,25,26,27);1H. The number of piperidine rings is 1. The highest BCUT2D eigenvalue weighted by Crippen LogP contribution is 2.23. The van der Waals surface area contributed by atoms with E-state index in [2.05, 4.69) is 15.6 Å². The number of sulfonamides is 1. The number of nitrogens with zero attached hydrogens (tertiary/aromatic N) is 2. The molecule has 6 nitrogen and oxygen atoms in total. The molecule has 1 aliphatic heterocycles. The fourth-order valence-electron chi connectivity index (χ4n) is 3.65. The minimum Gasteiger partial charge on any atom is -0.357 e. The van der Waals surface area contributed by atoms with Crippen LogP contribution < -0.4 is 10.6 Å². The van der Waals surface area contributed by atoms with E-state index in [0.29, 0.717) is 42.0 Å². The van der Waals surface area contributed by atoms with Gasteiger partial charge in [-0.05, 0) is 61.9 Å². The topological polar surface area (TPSA) is 73.8 Å². The molecule has 2 N–H and O–H groups in total. The van der Waals surface area contributed by atoms with Gasteiger partial charge in [0.15, 0.2) is 5.96 Å². The largest absolute Gasteiger partial charge is 0.357 e. The molecule has 9 heteroatoms. The number of nitrogens with one attached hydrogen (secondary N) is 2. The first-order valence-corrected chi connectivity index (χ1v) is 12.2. The summed E-state index contributed by atoms with van der Waals surface area (Å²) in [5, 5.41) is 6.60. The van der Waals surface area contributed by atoms with Crippen molar-refractivity contribution in [1.29, 1.82) is 0 Å². The SMILES string of the molecule is CCNC(=NCc1ccc(F)c(C)c1)NCC1CCN(S(=O)(=O)c2ccccc2)CC1.I. The molecule has 1 saturated heterocycles. The van der Waals surface area contributed by atoms with Crippen LogP contribution in [-0.2, 0) is 16.6 Å². The van der Waals surface area contributed by atoms with Crippen molar-refractivity contribution in [2.75, 3.05) is 26.2 Å². The summed E-state index contributed by atoms with van der Waals surface area (Å²) < 4.78 is 40.6. The zero-order valence-electron chi connectivity index (χ0n) is 18.6. The van der Waals surface area contributed by atoms with Crippen LogP contribution >= 0.6 is 24.0 Å². The summed E-state index contributed by atoms with van der Waals surface area (Å²) in [6.07, 6.45) is 1.60. The van der Waals surface area contributed by atoms with Gasteiger partial charge in [-0.3, -0.25) is 0 Å². The van der Waals surface area contributed by atoms with Crippen LogP contribution in [0.25, 0.3) is 0 Å². The van der Waals surface area contributed by atoms with Crippen molar-refractivity contribution in [3.8, 4) is 0 Å². The maximum absolute atomic E-state index is 13.4. The predicted octanol–water partition coefficient (Wildman–Crippen LogP) is 3.91. The van der Waals surface area contributed by atoms with Gasteiger partial charge in [0, 0.05) is 26.2 Å². The lowest BCUT2D eigenvalue weighted by Gasteiger charge is -2.31. The normalized spacial score (nSPS) is 15.8. The summed E-state index contributed by atoms with van der Waals surface area (Å²) in [6, 6.07) is 13.6. The van der Waals surface area contributed by atoms with Crippen LogP contribution in [-0.4, -0.2) is 44.9 Å². The van der Waals surface area contributed by atoms with E-state index in [-0.39, 0.29) is 29.8 Å². The molecule has 0 spiro atoms. The van der Waals surface area contributed by atoms with Crippen molar-refractivity contribution < 1.29 is 12.8 Å². The number of aliphatic imine (C=N–C) groups is 1. The van der Waals surface area contributed by atoms with Crippen LogP contribution in [0.4, 0.5) is 4.39 Å². The Kier molecular flexibility index (Phi) is 10.4. The summed E-state index contributed by atoms with van der Waals surface area (Å²) in [5.41, 5.74) is 1.57. The van der Waals surface area contributed by atoms with E-state index in [4.69, 9.17) is 0 Å². The average molecular weight is 575 g/mol. The Morgan fingerprint density at radius 2 is 1.81 bits per heavy atom. The summed E-state index contributed by atoms with van der Waals surface area (Å²) in [7, 11) is -3.42. The van der Waals surface area contributed by atoms with Gasteiger partial charge >= 0.3 is 0 Å². The highest BCUT2D eigenvalue weighted by molar-refractivity contribution is 14.0. The molecule has 0 saturated carbocycles. The van der Waals surface area contributed by atoms with Crippen molar-refractivity contribution in [2.45, 2.75) is 38.1 Å². The van der Waals surface area contributed by atoms with Crippen molar-refractivity contribution in [3.63, 3.8) is 0 Å². The fraction of sp³-hybridized carbons (Fsp3) is 0.435. The number of aryl methyl sites for hydroxylation is 1. The number of rotatable bonds is 7. The Morgan fingerprint density at radius 3 is 2.44 bits per heavy atom. The van der Waals surface area contributed by atoms with E-state index in [1.54, 1.807) is 41.6 Å². The van der Waals surface area contributed by atoms with Gasteiger partial charge in [0.2, 0.25) is 10.0 Å². The molecule has 0 bridgehead atoms. The van der Waals surface area contributed by atoms with Crippen LogP contribution in [0.1, 0.15) is 30.9 Å². The molecular weight excluding hydrogens is 542 g/mol. The van der Waals surface area contributed by atoms with Gasteiger partial charge in [0.25, 0.3) is 0 Å². The van der Waals surface area contributed by atoms with Gasteiger partial charge in [0.05, 0.1) is 11.4 Å². The molecule has 1 aliphatic rings. The van der Waals surface area contributed by atoms with E-state index >= 15 is 0 Å². The van der Waals surface area contributed by atoms with Gasteiger partial charge in [-0.2, -0.15) is 4.31 Å². The van der Waals surface area contributed by atoms with Crippen molar-refractivity contribution in [2.24, 2.45) is 10.9 Å². The number of benzene rings is 2. The lowest BCUT2D eigenvalue weighted by atomic mass is 9.98. The van der Waals surface area contributed by atoms with Gasteiger partial charge in [0.1, 0.15) is 5.82 Å². The molecule has 2 aromatic rings. The molecule has 0 unspecified atom stereocenters. The molecule has 0 amide bonds. The molecular formula is C23H32FIN4O2S. The first-order chi connectivity index (χ1) is 14.9. The van der Waals surface area contributed by atoms with E-state index in [0.717, 1.165) is 31.5 Å². The smallest absolute Gasteiger partial charge is 0.243 e. The summed E-state index contributed by atoms with van der Waals surface area (Å²) >= 11 is 0. The number of hydrogen-bond acceptors (Lipinski definition) is 3. The second-order valence-electron chi connectivity index (χ2n) is 7.82. The first-order valence-electron chi connectivity index (χ1n) is 10.7.